The minimum atomic E-state index is -4.31. The van der Waals surface area contributed by atoms with Gasteiger partial charge >= 0.3 is 0 Å². The standard InChI is InChI=1S/C24H34N10O12S/c1-10(35)19-18(38)17(37)15(30-34-27)23(44-19)45-20-13(29-33-26)7-12(31-47(41,42)11-5-3-2-4-6-11)16(36)21(20)46-24(40)9-43-14(22(24)39)8-28-32-25/h2-6,10,12-23,31,35-40H,7-9H2,1H3/t10-,12-,13?,14-,15?,16?,17?,18+,19?,20-,21?,22?,23-,24-/m1/s1. The van der Waals surface area contributed by atoms with Crippen molar-refractivity contribution in [2.75, 3.05) is 13.2 Å². The Morgan fingerprint density at radius 3 is 2.34 bits per heavy atom. The van der Waals surface area contributed by atoms with Crippen molar-refractivity contribution < 1.29 is 58.0 Å². The third kappa shape index (κ3) is 7.87. The van der Waals surface area contributed by atoms with E-state index in [4.69, 9.17) is 30.0 Å². The Kier molecular flexibility index (Phi) is 11.8. The summed E-state index contributed by atoms with van der Waals surface area (Å²) in [6, 6.07) is 2.49. The van der Waals surface area contributed by atoms with E-state index >= 15 is 0 Å². The SMILES string of the molecule is C[C@@H](O)C1O[C@H](O[C@@H]2C(N=[N+]=[N-])C[C@@H](NS(=O)(=O)c3ccccc3)C(O)C2O[C@]2(O)CO[C@H](CN=[N+]=[N-])C2O)C(N=[N+]=[N-])C(O)[C@@H]1O. The molecule has 0 radical (unpaired) electrons. The van der Waals surface area contributed by atoms with E-state index in [0.717, 1.165) is 0 Å². The van der Waals surface area contributed by atoms with Gasteiger partial charge in [-0.3, -0.25) is 0 Å². The minimum Gasteiger partial charge on any atom is -0.391 e. The molecule has 0 bridgehead atoms. The summed E-state index contributed by atoms with van der Waals surface area (Å²) >= 11 is 0. The quantitative estimate of drug-likeness (QED) is 0.0591. The predicted octanol–water partition coefficient (Wildman–Crippen LogP) is -1.19. The Morgan fingerprint density at radius 1 is 1.04 bits per heavy atom. The largest absolute Gasteiger partial charge is 0.391 e. The van der Waals surface area contributed by atoms with E-state index in [2.05, 4.69) is 34.8 Å². The summed E-state index contributed by atoms with van der Waals surface area (Å²) in [7, 11) is -4.31. The molecule has 0 aromatic heterocycles. The van der Waals surface area contributed by atoms with Crippen LogP contribution in [0.4, 0.5) is 0 Å². The summed E-state index contributed by atoms with van der Waals surface area (Å²) in [5, 5.41) is 75.5. The van der Waals surface area contributed by atoms with Gasteiger partial charge in [0.25, 0.3) is 0 Å². The van der Waals surface area contributed by atoms with Crippen LogP contribution < -0.4 is 4.72 Å². The van der Waals surface area contributed by atoms with Crippen LogP contribution in [0.1, 0.15) is 13.3 Å². The average Bonchev–Trinajstić information content (AvgIpc) is 3.32. The summed E-state index contributed by atoms with van der Waals surface area (Å²) in [6.07, 6.45) is -17.4. The van der Waals surface area contributed by atoms with E-state index in [1.54, 1.807) is 6.07 Å². The van der Waals surface area contributed by atoms with Crippen molar-refractivity contribution in [1.29, 1.82) is 0 Å². The zero-order chi connectivity index (χ0) is 34.5. The Balaban J connectivity index is 1.74. The number of azide groups is 3. The Morgan fingerprint density at radius 2 is 1.72 bits per heavy atom. The molecule has 4 rings (SSSR count). The summed E-state index contributed by atoms with van der Waals surface area (Å²) in [5.74, 6) is -2.64. The molecule has 2 saturated heterocycles. The second kappa shape index (κ2) is 15.3. The summed E-state index contributed by atoms with van der Waals surface area (Å²) in [6.45, 7) is 0.0679. The second-order valence-electron chi connectivity index (χ2n) is 11.2. The molecule has 22 nitrogen and oxygen atoms in total. The molecule has 47 heavy (non-hydrogen) atoms. The van der Waals surface area contributed by atoms with Crippen molar-refractivity contribution in [1.82, 2.24) is 4.72 Å². The van der Waals surface area contributed by atoms with Crippen molar-refractivity contribution in [3.05, 3.63) is 61.7 Å². The highest BCUT2D eigenvalue weighted by atomic mass is 32.2. The van der Waals surface area contributed by atoms with Gasteiger partial charge in [-0.1, -0.05) is 33.5 Å². The van der Waals surface area contributed by atoms with Crippen LogP contribution >= 0.6 is 0 Å². The number of nitrogens with zero attached hydrogens (tertiary/aromatic N) is 9. The van der Waals surface area contributed by atoms with Gasteiger partial charge in [-0.25, -0.2) is 13.1 Å². The predicted molar refractivity (Wildman–Crippen MR) is 154 cm³/mol. The number of aliphatic hydroxyl groups excluding tert-OH is 5. The van der Waals surface area contributed by atoms with Gasteiger partial charge < -0.3 is 49.6 Å². The zero-order valence-electron chi connectivity index (χ0n) is 24.6. The molecule has 3 fully saturated rings. The summed E-state index contributed by atoms with van der Waals surface area (Å²) < 4.78 is 51.5. The third-order valence-electron chi connectivity index (χ3n) is 8.05. The molecule has 1 aromatic rings. The zero-order valence-corrected chi connectivity index (χ0v) is 25.4. The molecular weight excluding hydrogens is 652 g/mol. The van der Waals surface area contributed by atoms with Crippen LogP contribution in [0.15, 0.2) is 50.6 Å². The smallest absolute Gasteiger partial charge is 0.240 e. The number of nitrogens with one attached hydrogen (secondary N) is 1. The van der Waals surface area contributed by atoms with Crippen LogP contribution in [0.5, 0.6) is 0 Å². The van der Waals surface area contributed by atoms with Crippen LogP contribution in [0.2, 0.25) is 0 Å². The van der Waals surface area contributed by atoms with E-state index in [9.17, 15) is 44.6 Å². The monoisotopic (exact) mass is 686 g/mol. The lowest BCUT2D eigenvalue weighted by atomic mass is 9.84. The van der Waals surface area contributed by atoms with E-state index in [1.165, 1.54) is 31.2 Å². The lowest BCUT2D eigenvalue weighted by molar-refractivity contribution is -0.333. The molecule has 2 heterocycles. The first-order chi connectivity index (χ1) is 22.3. The Hall–Kier alpha value is -3.34. The van der Waals surface area contributed by atoms with Crippen molar-refractivity contribution in [3.8, 4) is 0 Å². The van der Waals surface area contributed by atoms with Crippen LogP contribution in [-0.4, -0.2) is 137 Å². The molecule has 1 saturated carbocycles. The molecule has 258 valence electrons. The molecule has 1 aliphatic carbocycles. The average molecular weight is 687 g/mol. The van der Waals surface area contributed by atoms with E-state index < -0.39 is 115 Å². The highest BCUT2D eigenvalue weighted by Crippen LogP contribution is 2.37. The number of ether oxygens (including phenoxy) is 4. The molecule has 3 aliphatic rings. The third-order valence-corrected chi connectivity index (χ3v) is 9.55. The molecule has 0 amide bonds. The number of hydrogen-bond donors (Lipinski definition) is 7. The molecule has 0 spiro atoms. The fraction of sp³-hybridized carbons (Fsp3) is 0.750. The maximum absolute atomic E-state index is 13.2. The fourth-order valence-corrected chi connectivity index (χ4v) is 6.96. The van der Waals surface area contributed by atoms with Crippen molar-refractivity contribution >= 4 is 10.0 Å². The highest BCUT2D eigenvalue weighted by Gasteiger charge is 2.57. The fourth-order valence-electron chi connectivity index (χ4n) is 5.67. The Labute approximate surface area is 266 Å². The topological polar surface area (TPSA) is 351 Å². The minimum absolute atomic E-state index is 0.174. The summed E-state index contributed by atoms with van der Waals surface area (Å²) in [5.41, 5.74) is 27.2. The van der Waals surface area contributed by atoms with Crippen molar-refractivity contribution in [2.24, 2.45) is 15.3 Å². The normalized spacial score (nSPS) is 39.6. The first-order valence-electron chi connectivity index (χ1n) is 14.2. The van der Waals surface area contributed by atoms with Gasteiger partial charge in [0.15, 0.2) is 6.29 Å². The van der Waals surface area contributed by atoms with Gasteiger partial charge in [-0.05, 0) is 42.1 Å². The number of benzene rings is 1. The molecule has 7 unspecified atom stereocenters. The lowest BCUT2D eigenvalue weighted by Crippen LogP contribution is -2.67. The van der Waals surface area contributed by atoms with Crippen LogP contribution in [0.25, 0.3) is 31.3 Å². The number of hydrogen-bond acceptors (Lipinski definition) is 15. The molecule has 7 N–H and O–H groups in total. The van der Waals surface area contributed by atoms with Gasteiger partial charge in [-0.15, -0.1) is 0 Å². The number of sulfonamides is 1. The van der Waals surface area contributed by atoms with Crippen LogP contribution in [-0.2, 0) is 29.0 Å². The highest BCUT2D eigenvalue weighted by molar-refractivity contribution is 7.89. The van der Waals surface area contributed by atoms with E-state index in [-0.39, 0.29) is 4.90 Å². The second-order valence-corrected chi connectivity index (χ2v) is 12.9. The van der Waals surface area contributed by atoms with Gasteiger partial charge in [-0.2, -0.15) is 0 Å². The summed E-state index contributed by atoms with van der Waals surface area (Å²) in [4.78, 5) is 7.81. The maximum Gasteiger partial charge on any atom is 0.240 e. The van der Waals surface area contributed by atoms with Crippen molar-refractivity contribution in [2.45, 2.75) is 103 Å². The maximum atomic E-state index is 13.2. The molecule has 23 heteroatoms. The van der Waals surface area contributed by atoms with Crippen LogP contribution in [0.3, 0.4) is 0 Å². The first-order valence-corrected chi connectivity index (χ1v) is 15.7. The molecule has 2 aliphatic heterocycles. The molecule has 1 aromatic carbocycles. The van der Waals surface area contributed by atoms with E-state index in [0.29, 0.717) is 0 Å². The van der Waals surface area contributed by atoms with E-state index in [1.807, 2.05) is 0 Å². The van der Waals surface area contributed by atoms with Gasteiger partial charge in [0.1, 0.15) is 37.1 Å². The van der Waals surface area contributed by atoms with Gasteiger partial charge in [0.05, 0.1) is 54.0 Å². The molecular formula is C24H34N10O12S. The van der Waals surface area contributed by atoms with Crippen molar-refractivity contribution in [3.63, 3.8) is 0 Å². The van der Waals surface area contributed by atoms with Gasteiger partial charge in [0.2, 0.25) is 15.8 Å². The Bertz CT molecular complexity index is 1490. The number of aliphatic hydroxyl groups is 6. The molecule has 14 atom stereocenters. The lowest BCUT2D eigenvalue weighted by Gasteiger charge is -2.48. The first kappa shape index (κ1) is 36.5. The number of rotatable bonds is 12. The van der Waals surface area contributed by atoms with Crippen LogP contribution in [0, 0.1) is 0 Å². The van der Waals surface area contributed by atoms with Gasteiger partial charge in [0, 0.05) is 14.7 Å².